The van der Waals surface area contributed by atoms with Crippen molar-refractivity contribution in [1.82, 2.24) is 9.97 Å². The van der Waals surface area contributed by atoms with Gasteiger partial charge in [-0.15, -0.1) is 0 Å². The van der Waals surface area contributed by atoms with E-state index in [0.29, 0.717) is 25.6 Å². The van der Waals surface area contributed by atoms with E-state index in [1.165, 1.54) is 6.07 Å². The van der Waals surface area contributed by atoms with Gasteiger partial charge in [-0.25, -0.2) is 4.98 Å². The van der Waals surface area contributed by atoms with Crippen molar-refractivity contribution in [3.05, 3.63) is 11.3 Å². The number of hydrogen-bond donors (Lipinski definition) is 0. The highest BCUT2D eigenvalue weighted by molar-refractivity contribution is 7.86. The van der Waals surface area contributed by atoms with Gasteiger partial charge in [0, 0.05) is 12.6 Å². The van der Waals surface area contributed by atoms with E-state index in [0.717, 1.165) is 12.7 Å². The molecule has 1 aliphatic rings. The second kappa shape index (κ2) is 6.11. The van der Waals surface area contributed by atoms with Gasteiger partial charge in [0.05, 0.1) is 25.5 Å². The zero-order chi connectivity index (χ0) is 14.8. The van der Waals surface area contributed by atoms with Crippen molar-refractivity contribution >= 4 is 27.5 Å². The Bertz CT molecular complexity index is 581. The highest BCUT2D eigenvalue weighted by Crippen LogP contribution is 2.24. The fraction of sp³-hybridized carbons (Fsp3) is 0.636. The predicted molar refractivity (Wildman–Crippen MR) is 74.8 cm³/mol. The Balaban J connectivity index is 2.31. The van der Waals surface area contributed by atoms with Gasteiger partial charge in [-0.2, -0.15) is 13.4 Å². The van der Waals surface area contributed by atoms with Crippen LogP contribution in [0.4, 0.5) is 5.82 Å². The van der Waals surface area contributed by atoms with Crippen molar-refractivity contribution in [3.8, 4) is 5.88 Å². The normalized spacial score (nSPS) is 19.9. The number of rotatable bonds is 4. The van der Waals surface area contributed by atoms with Crippen molar-refractivity contribution in [2.75, 3.05) is 30.9 Å². The SMILES string of the molecule is CCC1COCCN1c1cc(OS(C)(=O)=O)nc(Cl)n1. The fourth-order valence-electron chi connectivity index (χ4n) is 2.03. The van der Waals surface area contributed by atoms with E-state index in [2.05, 4.69) is 9.97 Å². The van der Waals surface area contributed by atoms with E-state index in [1.807, 2.05) is 11.8 Å². The number of aromatic nitrogens is 2. The predicted octanol–water partition coefficient (Wildman–Crippen LogP) is 1.08. The summed E-state index contributed by atoms with van der Waals surface area (Å²) in [5.41, 5.74) is 0. The summed E-state index contributed by atoms with van der Waals surface area (Å²) < 4.78 is 32.5. The van der Waals surface area contributed by atoms with Crippen molar-refractivity contribution in [3.63, 3.8) is 0 Å². The maximum Gasteiger partial charge on any atom is 0.307 e. The third-order valence-corrected chi connectivity index (χ3v) is 3.53. The molecule has 2 rings (SSSR count). The topological polar surface area (TPSA) is 81.6 Å². The molecule has 9 heteroatoms. The molecule has 1 unspecified atom stereocenters. The summed E-state index contributed by atoms with van der Waals surface area (Å²) in [5.74, 6) is 0.461. The van der Waals surface area contributed by atoms with Gasteiger partial charge in [0.15, 0.2) is 0 Å². The Labute approximate surface area is 123 Å². The van der Waals surface area contributed by atoms with Crippen molar-refractivity contribution in [2.45, 2.75) is 19.4 Å². The van der Waals surface area contributed by atoms with Crippen LogP contribution in [0.3, 0.4) is 0 Å². The van der Waals surface area contributed by atoms with Gasteiger partial charge >= 0.3 is 10.1 Å². The molecule has 0 radical (unpaired) electrons. The molecule has 0 spiro atoms. The van der Waals surface area contributed by atoms with Crippen LogP contribution in [0.5, 0.6) is 5.88 Å². The number of morpholine rings is 1. The van der Waals surface area contributed by atoms with Crippen LogP contribution in [0.15, 0.2) is 6.07 Å². The van der Waals surface area contributed by atoms with Crippen LogP contribution in [0, 0.1) is 0 Å². The quantitative estimate of drug-likeness (QED) is 0.606. The Hall–Kier alpha value is -1.12. The molecule has 0 saturated carbocycles. The zero-order valence-electron chi connectivity index (χ0n) is 11.2. The summed E-state index contributed by atoms with van der Waals surface area (Å²) in [5, 5.41) is -0.0532. The molecule has 0 aliphatic carbocycles. The minimum atomic E-state index is -3.65. The molecule has 1 aromatic heterocycles. The molecule has 112 valence electrons. The first kappa shape index (κ1) is 15.3. The van der Waals surface area contributed by atoms with Crippen LogP contribution in [-0.4, -0.2) is 50.4 Å². The summed E-state index contributed by atoms with van der Waals surface area (Å²) in [6.07, 6.45) is 1.83. The lowest BCUT2D eigenvalue weighted by Crippen LogP contribution is -2.45. The largest absolute Gasteiger partial charge is 0.377 e. The summed E-state index contributed by atoms with van der Waals surface area (Å²) in [6.45, 7) is 3.88. The van der Waals surface area contributed by atoms with E-state index < -0.39 is 10.1 Å². The van der Waals surface area contributed by atoms with E-state index in [1.54, 1.807) is 0 Å². The smallest absolute Gasteiger partial charge is 0.307 e. The first-order valence-electron chi connectivity index (χ1n) is 6.17. The van der Waals surface area contributed by atoms with Crippen molar-refractivity contribution in [2.24, 2.45) is 0 Å². The van der Waals surface area contributed by atoms with E-state index in [4.69, 9.17) is 20.5 Å². The molecule has 0 bridgehead atoms. The summed E-state index contributed by atoms with van der Waals surface area (Å²) >= 11 is 5.83. The van der Waals surface area contributed by atoms with Crippen LogP contribution in [0.1, 0.15) is 13.3 Å². The molecule has 20 heavy (non-hydrogen) atoms. The highest BCUT2D eigenvalue weighted by atomic mass is 35.5. The summed E-state index contributed by atoms with van der Waals surface area (Å²) in [6, 6.07) is 1.64. The molecule has 1 aromatic rings. The van der Waals surface area contributed by atoms with Gasteiger partial charge in [0.1, 0.15) is 5.82 Å². The minimum absolute atomic E-state index is 0.0532. The molecule has 1 fully saturated rings. The van der Waals surface area contributed by atoms with Gasteiger partial charge in [0.25, 0.3) is 0 Å². The monoisotopic (exact) mass is 321 g/mol. The molecular formula is C11H16ClN3O4S. The lowest BCUT2D eigenvalue weighted by atomic mass is 10.2. The fourth-order valence-corrected chi connectivity index (χ4v) is 2.59. The number of ether oxygens (including phenoxy) is 1. The third-order valence-electron chi connectivity index (χ3n) is 2.89. The lowest BCUT2D eigenvalue weighted by Gasteiger charge is -2.35. The molecule has 0 N–H and O–H groups in total. The van der Waals surface area contributed by atoms with Crippen LogP contribution in [0.2, 0.25) is 5.28 Å². The Morgan fingerprint density at radius 3 is 2.95 bits per heavy atom. The molecule has 1 atom stereocenters. The summed E-state index contributed by atoms with van der Waals surface area (Å²) in [7, 11) is -3.65. The van der Waals surface area contributed by atoms with Gasteiger partial charge < -0.3 is 13.8 Å². The van der Waals surface area contributed by atoms with Crippen LogP contribution in [-0.2, 0) is 14.9 Å². The summed E-state index contributed by atoms with van der Waals surface area (Å²) in [4.78, 5) is 9.92. The van der Waals surface area contributed by atoms with E-state index in [-0.39, 0.29) is 17.2 Å². The van der Waals surface area contributed by atoms with Crippen LogP contribution < -0.4 is 9.08 Å². The average Bonchev–Trinajstić information content (AvgIpc) is 2.36. The Morgan fingerprint density at radius 2 is 2.30 bits per heavy atom. The lowest BCUT2D eigenvalue weighted by molar-refractivity contribution is 0.0925. The Kier molecular flexibility index (Phi) is 4.66. The average molecular weight is 322 g/mol. The second-order valence-corrected chi connectivity index (χ2v) is 6.36. The van der Waals surface area contributed by atoms with E-state index in [9.17, 15) is 8.42 Å². The first-order chi connectivity index (χ1) is 9.39. The molecule has 1 saturated heterocycles. The maximum atomic E-state index is 11.2. The van der Waals surface area contributed by atoms with Crippen molar-refractivity contribution < 1.29 is 17.3 Å². The number of nitrogens with zero attached hydrogens (tertiary/aromatic N) is 3. The number of hydrogen-bond acceptors (Lipinski definition) is 7. The van der Waals surface area contributed by atoms with E-state index >= 15 is 0 Å². The Morgan fingerprint density at radius 1 is 1.55 bits per heavy atom. The second-order valence-electron chi connectivity index (χ2n) is 4.45. The molecule has 0 amide bonds. The zero-order valence-corrected chi connectivity index (χ0v) is 12.8. The molecule has 1 aliphatic heterocycles. The number of anilines is 1. The van der Waals surface area contributed by atoms with Crippen LogP contribution >= 0.6 is 11.6 Å². The van der Waals surface area contributed by atoms with Gasteiger partial charge in [-0.1, -0.05) is 6.92 Å². The van der Waals surface area contributed by atoms with Crippen molar-refractivity contribution in [1.29, 1.82) is 0 Å². The molecular weight excluding hydrogens is 306 g/mol. The molecule has 7 nitrogen and oxygen atoms in total. The minimum Gasteiger partial charge on any atom is -0.377 e. The maximum absolute atomic E-state index is 11.2. The van der Waals surface area contributed by atoms with Gasteiger partial charge in [0.2, 0.25) is 11.2 Å². The van der Waals surface area contributed by atoms with Gasteiger partial charge in [-0.3, -0.25) is 0 Å². The standard InChI is InChI=1S/C11H16ClN3O4S/c1-3-8-7-18-5-4-15(8)9-6-10(14-11(12)13-9)19-20(2,16)17/h6,8H,3-5,7H2,1-2H3. The highest BCUT2D eigenvalue weighted by Gasteiger charge is 2.24. The first-order valence-corrected chi connectivity index (χ1v) is 8.37. The third kappa shape index (κ3) is 3.94. The number of halogens is 1. The van der Waals surface area contributed by atoms with Crippen LogP contribution in [0.25, 0.3) is 0 Å². The molecule has 2 heterocycles. The van der Waals surface area contributed by atoms with Gasteiger partial charge in [-0.05, 0) is 18.0 Å². The molecule has 0 aromatic carbocycles.